The molecule has 2 aromatic heterocycles. The van der Waals surface area contributed by atoms with Crippen LogP contribution in [-0.4, -0.2) is 25.6 Å². The summed E-state index contributed by atoms with van der Waals surface area (Å²) in [5.41, 5.74) is 2.11. The predicted octanol–water partition coefficient (Wildman–Crippen LogP) is 2.07. The minimum Gasteiger partial charge on any atom is -0.477 e. The Kier molecular flexibility index (Phi) is 3.13. The zero-order chi connectivity index (χ0) is 14.8. The number of hydrogen-bond acceptors (Lipinski definition) is 3. The van der Waals surface area contributed by atoms with Crippen molar-refractivity contribution < 1.29 is 9.90 Å². The number of benzene rings is 1. The maximum absolute atomic E-state index is 11.2. The SMILES string of the molecule is Cn1c(C(=O)O)cc2c(C#Cc3ccccc3)ncnc21. The van der Waals surface area contributed by atoms with Crippen molar-refractivity contribution in [2.24, 2.45) is 7.05 Å². The van der Waals surface area contributed by atoms with Crippen molar-refractivity contribution in [1.29, 1.82) is 0 Å². The van der Waals surface area contributed by atoms with Crippen molar-refractivity contribution in [2.45, 2.75) is 0 Å². The molecule has 0 aliphatic carbocycles. The Hall–Kier alpha value is -3.13. The molecule has 5 nitrogen and oxygen atoms in total. The van der Waals surface area contributed by atoms with E-state index in [1.165, 1.54) is 10.9 Å². The van der Waals surface area contributed by atoms with Crippen LogP contribution in [0.1, 0.15) is 21.7 Å². The molecule has 0 amide bonds. The van der Waals surface area contributed by atoms with Crippen molar-refractivity contribution in [3.05, 3.63) is 59.7 Å². The van der Waals surface area contributed by atoms with Crippen LogP contribution >= 0.6 is 0 Å². The van der Waals surface area contributed by atoms with Crippen LogP contribution in [0.15, 0.2) is 42.7 Å². The van der Waals surface area contributed by atoms with E-state index >= 15 is 0 Å². The van der Waals surface area contributed by atoms with Gasteiger partial charge in [-0.05, 0) is 24.1 Å². The maximum atomic E-state index is 11.2. The van der Waals surface area contributed by atoms with E-state index in [9.17, 15) is 4.79 Å². The number of hydrogen-bond donors (Lipinski definition) is 1. The van der Waals surface area contributed by atoms with E-state index in [0.29, 0.717) is 16.7 Å². The second kappa shape index (κ2) is 5.10. The number of aryl methyl sites for hydroxylation is 1. The predicted molar refractivity (Wildman–Crippen MR) is 77.9 cm³/mol. The zero-order valence-corrected chi connectivity index (χ0v) is 11.2. The Balaban J connectivity index is 2.14. The van der Waals surface area contributed by atoms with Crippen LogP contribution in [0, 0.1) is 11.8 Å². The monoisotopic (exact) mass is 277 g/mol. The summed E-state index contributed by atoms with van der Waals surface area (Å²) in [6.45, 7) is 0. The number of carboxylic acids is 1. The second-order valence-corrected chi connectivity index (χ2v) is 4.47. The van der Waals surface area contributed by atoms with Gasteiger partial charge in [-0.3, -0.25) is 0 Å². The first-order valence-electron chi connectivity index (χ1n) is 6.27. The Bertz CT molecular complexity index is 886. The van der Waals surface area contributed by atoms with Crippen molar-refractivity contribution >= 4 is 17.0 Å². The normalized spacial score (nSPS) is 10.1. The number of aromatic carboxylic acids is 1. The minimum absolute atomic E-state index is 0.160. The summed E-state index contributed by atoms with van der Waals surface area (Å²) in [5, 5.41) is 9.80. The fourth-order valence-electron chi connectivity index (χ4n) is 2.09. The molecule has 0 saturated heterocycles. The van der Waals surface area contributed by atoms with Gasteiger partial charge in [0.25, 0.3) is 0 Å². The lowest BCUT2D eigenvalue weighted by molar-refractivity contribution is 0.0687. The molecule has 0 radical (unpaired) electrons. The topological polar surface area (TPSA) is 68.0 Å². The first-order chi connectivity index (χ1) is 10.2. The van der Waals surface area contributed by atoms with Gasteiger partial charge in [0, 0.05) is 12.6 Å². The molecule has 0 bridgehead atoms. The Morgan fingerprint density at radius 1 is 1.19 bits per heavy atom. The maximum Gasteiger partial charge on any atom is 0.352 e. The molecule has 1 aromatic carbocycles. The van der Waals surface area contributed by atoms with Gasteiger partial charge >= 0.3 is 5.97 Å². The summed E-state index contributed by atoms with van der Waals surface area (Å²) >= 11 is 0. The minimum atomic E-state index is -1.00. The zero-order valence-electron chi connectivity index (χ0n) is 11.2. The molecule has 0 aliphatic heterocycles. The van der Waals surface area contributed by atoms with Gasteiger partial charge in [-0.1, -0.05) is 24.1 Å². The van der Waals surface area contributed by atoms with Gasteiger partial charge in [0.2, 0.25) is 0 Å². The van der Waals surface area contributed by atoms with E-state index in [4.69, 9.17) is 5.11 Å². The highest BCUT2D eigenvalue weighted by molar-refractivity contribution is 5.94. The van der Waals surface area contributed by atoms with Crippen LogP contribution in [0.25, 0.3) is 11.0 Å². The molecule has 3 rings (SSSR count). The molecule has 2 heterocycles. The molecule has 0 spiro atoms. The van der Waals surface area contributed by atoms with Crippen molar-refractivity contribution in [3.63, 3.8) is 0 Å². The van der Waals surface area contributed by atoms with Gasteiger partial charge in [0.05, 0.1) is 5.39 Å². The molecule has 1 N–H and O–H groups in total. The van der Waals surface area contributed by atoms with Gasteiger partial charge < -0.3 is 9.67 Å². The Morgan fingerprint density at radius 2 is 1.95 bits per heavy atom. The van der Waals surface area contributed by atoms with Gasteiger partial charge in [0.15, 0.2) is 0 Å². The second-order valence-electron chi connectivity index (χ2n) is 4.47. The number of nitrogens with zero attached hydrogens (tertiary/aromatic N) is 3. The van der Waals surface area contributed by atoms with Gasteiger partial charge in [-0.25, -0.2) is 14.8 Å². The summed E-state index contributed by atoms with van der Waals surface area (Å²) in [6.07, 6.45) is 1.39. The first kappa shape index (κ1) is 12.9. The molecule has 0 atom stereocenters. The fraction of sp³-hybridized carbons (Fsp3) is 0.0625. The fourth-order valence-corrected chi connectivity index (χ4v) is 2.09. The molecule has 21 heavy (non-hydrogen) atoms. The first-order valence-corrected chi connectivity index (χ1v) is 6.27. The largest absolute Gasteiger partial charge is 0.477 e. The van der Waals surface area contributed by atoms with Crippen molar-refractivity contribution in [1.82, 2.24) is 14.5 Å². The summed E-state index contributed by atoms with van der Waals surface area (Å²) in [5.74, 6) is 4.99. The van der Waals surface area contributed by atoms with E-state index < -0.39 is 5.97 Å². The lowest BCUT2D eigenvalue weighted by Gasteiger charge is -1.97. The van der Waals surface area contributed by atoms with E-state index in [1.54, 1.807) is 13.1 Å². The van der Waals surface area contributed by atoms with E-state index in [-0.39, 0.29) is 5.69 Å². The lowest BCUT2D eigenvalue weighted by Crippen LogP contribution is -2.04. The van der Waals surface area contributed by atoms with Crippen molar-refractivity contribution in [2.75, 3.05) is 0 Å². The van der Waals surface area contributed by atoms with Gasteiger partial charge in [0.1, 0.15) is 23.4 Å². The van der Waals surface area contributed by atoms with Gasteiger partial charge in [-0.15, -0.1) is 0 Å². The lowest BCUT2D eigenvalue weighted by atomic mass is 10.2. The average Bonchev–Trinajstić information content (AvgIpc) is 2.84. The molecular formula is C16H11N3O2. The highest BCUT2D eigenvalue weighted by Gasteiger charge is 2.14. The van der Waals surface area contributed by atoms with Crippen LogP contribution in [0.5, 0.6) is 0 Å². The average molecular weight is 277 g/mol. The summed E-state index contributed by atoms with van der Waals surface area (Å²) in [4.78, 5) is 19.4. The third kappa shape index (κ3) is 2.35. The number of aromatic nitrogens is 3. The standard InChI is InChI=1S/C16H11N3O2/c1-19-14(16(20)21)9-12-13(17-10-18-15(12)19)8-7-11-5-3-2-4-6-11/h2-6,9-10H,1H3,(H,20,21). The number of rotatable bonds is 1. The van der Waals surface area contributed by atoms with E-state index in [0.717, 1.165) is 5.56 Å². The highest BCUT2D eigenvalue weighted by atomic mass is 16.4. The Labute approximate surface area is 120 Å². The summed E-state index contributed by atoms with van der Waals surface area (Å²) in [6, 6.07) is 11.1. The van der Waals surface area contributed by atoms with Crippen molar-refractivity contribution in [3.8, 4) is 11.8 Å². The molecule has 0 unspecified atom stereocenters. The van der Waals surface area contributed by atoms with Crippen LogP contribution in [-0.2, 0) is 7.05 Å². The number of fused-ring (bicyclic) bond motifs is 1. The smallest absolute Gasteiger partial charge is 0.352 e. The molecular weight excluding hydrogens is 266 g/mol. The van der Waals surface area contributed by atoms with E-state index in [1.807, 2.05) is 30.3 Å². The number of carboxylic acid groups (broad SMARTS) is 1. The third-order valence-corrected chi connectivity index (χ3v) is 3.14. The quantitative estimate of drug-likeness (QED) is 0.691. The summed E-state index contributed by atoms with van der Waals surface area (Å²) < 4.78 is 1.52. The van der Waals surface area contributed by atoms with Crippen LogP contribution in [0.2, 0.25) is 0 Å². The molecule has 0 saturated carbocycles. The number of carbonyl (C=O) groups is 1. The van der Waals surface area contributed by atoms with Gasteiger partial charge in [-0.2, -0.15) is 0 Å². The van der Waals surface area contributed by atoms with E-state index in [2.05, 4.69) is 21.8 Å². The van der Waals surface area contributed by atoms with Crippen LogP contribution in [0.4, 0.5) is 0 Å². The summed E-state index contributed by atoms with van der Waals surface area (Å²) in [7, 11) is 1.66. The van der Waals surface area contributed by atoms with Crippen LogP contribution in [0.3, 0.4) is 0 Å². The molecule has 5 heteroatoms. The highest BCUT2D eigenvalue weighted by Crippen LogP contribution is 2.18. The molecule has 3 aromatic rings. The molecule has 0 fully saturated rings. The third-order valence-electron chi connectivity index (χ3n) is 3.14. The molecule has 102 valence electrons. The van der Waals surface area contributed by atoms with Crippen LogP contribution < -0.4 is 0 Å². The molecule has 0 aliphatic rings. The Morgan fingerprint density at radius 3 is 2.67 bits per heavy atom.